The summed E-state index contributed by atoms with van der Waals surface area (Å²) in [4.78, 5) is 5.05. The zero-order valence-electron chi connectivity index (χ0n) is 7.13. The molecule has 0 aliphatic carbocycles. The number of anilines is 1. The van der Waals surface area contributed by atoms with E-state index in [9.17, 15) is 0 Å². The van der Waals surface area contributed by atoms with Gasteiger partial charge in [-0.15, -0.1) is 0 Å². The normalized spacial score (nSPS) is 9.50. The minimum absolute atomic E-state index is 0.583. The highest BCUT2D eigenvalue weighted by molar-refractivity contribution is 5.51. The van der Waals surface area contributed by atoms with E-state index in [0.29, 0.717) is 17.2 Å². The van der Waals surface area contributed by atoms with Gasteiger partial charge in [0.1, 0.15) is 0 Å². The van der Waals surface area contributed by atoms with Crippen LogP contribution in [0.1, 0.15) is 0 Å². The van der Waals surface area contributed by atoms with Crippen molar-refractivity contribution in [1.82, 2.24) is 5.48 Å². The fourth-order valence-electron chi connectivity index (χ4n) is 0.883. The van der Waals surface area contributed by atoms with E-state index in [1.807, 2.05) is 0 Å². The second kappa shape index (κ2) is 3.82. The molecule has 1 aromatic carbocycles. The fourth-order valence-corrected chi connectivity index (χ4v) is 0.883. The summed E-state index contributed by atoms with van der Waals surface area (Å²) in [6.45, 7) is 0. The maximum Gasteiger partial charge on any atom is 0.190 e. The number of hydroxylamine groups is 1. The molecule has 12 heavy (non-hydrogen) atoms. The molecular formula is C8H12N2O2. The summed E-state index contributed by atoms with van der Waals surface area (Å²) in [6.07, 6.45) is 0. The quantitative estimate of drug-likeness (QED) is 0.517. The van der Waals surface area contributed by atoms with Crippen LogP contribution in [0.25, 0.3) is 0 Å². The summed E-state index contributed by atoms with van der Waals surface area (Å²) in [5.41, 5.74) is 8.74. The molecule has 0 aromatic heterocycles. The van der Waals surface area contributed by atoms with Crippen molar-refractivity contribution in [2.24, 2.45) is 0 Å². The van der Waals surface area contributed by atoms with E-state index in [0.717, 1.165) is 0 Å². The largest absolute Gasteiger partial charge is 0.493 e. The van der Waals surface area contributed by atoms with E-state index >= 15 is 0 Å². The van der Waals surface area contributed by atoms with E-state index < -0.39 is 0 Å². The molecule has 0 atom stereocenters. The number of nitrogens with two attached hydrogens (primary N) is 1. The Bertz CT molecular complexity index is 263. The lowest BCUT2D eigenvalue weighted by Gasteiger charge is -2.08. The summed E-state index contributed by atoms with van der Waals surface area (Å²) < 4.78 is 5.03. The maximum absolute atomic E-state index is 5.55. The summed E-state index contributed by atoms with van der Waals surface area (Å²) in [5.74, 6) is 1.23. The number of nitrogens with one attached hydrogen (secondary N) is 1. The summed E-state index contributed by atoms with van der Waals surface area (Å²) in [7, 11) is 3.25. The molecule has 0 saturated heterocycles. The molecule has 3 N–H and O–H groups in total. The van der Waals surface area contributed by atoms with E-state index in [-0.39, 0.29) is 0 Å². The molecule has 0 radical (unpaired) electrons. The SMILES string of the molecule is CNOc1cc(N)ccc1OC. The number of ether oxygens (including phenoxy) is 1. The average molecular weight is 168 g/mol. The van der Waals surface area contributed by atoms with Crippen molar-refractivity contribution >= 4 is 5.69 Å². The highest BCUT2D eigenvalue weighted by Gasteiger charge is 2.03. The number of benzene rings is 1. The van der Waals surface area contributed by atoms with E-state index in [2.05, 4.69) is 5.48 Å². The van der Waals surface area contributed by atoms with Gasteiger partial charge in [0.05, 0.1) is 7.11 Å². The second-order valence-electron chi connectivity index (χ2n) is 2.22. The lowest BCUT2D eigenvalue weighted by molar-refractivity contribution is 0.213. The zero-order chi connectivity index (χ0) is 8.97. The Labute approximate surface area is 71.2 Å². The third kappa shape index (κ3) is 1.79. The fraction of sp³-hybridized carbons (Fsp3) is 0.250. The highest BCUT2D eigenvalue weighted by atomic mass is 16.7. The van der Waals surface area contributed by atoms with Crippen LogP contribution in [0.15, 0.2) is 18.2 Å². The lowest BCUT2D eigenvalue weighted by atomic mass is 10.3. The van der Waals surface area contributed by atoms with Gasteiger partial charge in [0.2, 0.25) is 0 Å². The molecule has 0 saturated carbocycles. The van der Waals surface area contributed by atoms with Gasteiger partial charge in [0.15, 0.2) is 11.5 Å². The summed E-state index contributed by atoms with van der Waals surface area (Å²) in [5, 5.41) is 0. The van der Waals surface area contributed by atoms with Crippen molar-refractivity contribution in [1.29, 1.82) is 0 Å². The first-order valence-corrected chi connectivity index (χ1v) is 3.55. The Morgan fingerprint density at radius 1 is 1.33 bits per heavy atom. The Kier molecular flexibility index (Phi) is 2.76. The van der Waals surface area contributed by atoms with E-state index in [4.69, 9.17) is 15.3 Å². The second-order valence-corrected chi connectivity index (χ2v) is 2.22. The third-order valence-corrected chi connectivity index (χ3v) is 1.40. The van der Waals surface area contributed by atoms with Gasteiger partial charge in [-0.2, -0.15) is 5.48 Å². The van der Waals surface area contributed by atoms with Crippen LogP contribution >= 0.6 is 0 Å². The number of rotatable bonds is 3. The average Bonchev–Trinajstić information content (AvgIpc) is 2.05. The van der Waals surface area contributed by atoms with Gasteiger partial charge < -0.3 is 15.3 Å². The van der Waals surface area contributed by atoms with Crippen LogP contribution in [-0.2, 0) is 0 Å². The molecular weight excluding hydrogens is 156 g/mol. The molecule has 0 fully saturated rings. The lowest BCUT2D eigenvalue weighted by Crippen LogP contribution is -2.11. The molecule has 1 rings (SSSR count). The molecule has 0 bridgehead atoms. The van der Waals surface area contributed by atoms with Gasteiger partial charge in [-0.05, 0) is 12.1 Å². The van der Waals surface area contributed by atoms with Gasteiger partial charge >= 0.3 is 0 Å². The summed E-state index contributed by atoms with van der Waals surface area (Å²) in [6, 6.07) is 5.19. The molecule has 4 nitrogen and oxygen atoms in total. The van der Waals surface area contributed by atoms with Crippen LogP contribution in [0, 0.1) is 0 Å². The van der Waals surface area contributed by atoms with Crippen molar-refractivity contribution in [2.75, 3.05) is 19.9 Å². The van der Waals surface area contributed by atoms with Gasteiger partial charge in [-0.3, -0.25) is 0 Å². The van der Waals surface area contributed by atoms with Crippen molar-refractivity contribution < 1.29 is 9.57 Å². The first-order chi connectivity index (χ1) is 5.77. The molecule has 0 heterocycles. The van der Waals surface area contributed by atoms with Gasteiger partial charge in [-0.25, -0.2) is 0 Å². The van der Waals surface area contributed by atoms with Crippen molar-refractivity contribution in [3.05, 3.63) is 18.2 Å². The van der Waals surface area contributed by atoms with E-state index in [1.165, 1.54) is 0 Å². The van der Waals surface area contributed by atoms with Gasteiger partial charge in [0.25, 0.3) is 0 Å². The Hall–Kier alpha value is -1.42. The highest BCUT2D eigenvalue weighted by Crippen LogP contribution is 2.27. The van der Waals surface area contributed by atoms with Crippen LogP contribution in [0.5, 0.6) is 11.5 Å². The van der Waals surface area contributed by atoms with Crippen LogP contribution in [0.3, 0.4) is 0 Å². The first-order valence-electron chi connectivity index (χ1n) is 3.55. The Morgan fingerprint density at radius 2 is 2.08 bits per heavy atom. The number of hydrogen-bond acceptors (Lipinski definition) is 4. The van der Waals surface area contributed by atoms with Crippen LogP contribution < -0.4 is 20.8 Å². The number of nitrogen functional groups attached to an aromatic ring is 1. The molecule has 4 heteroatoms. The minimum Gasteiger partial charge on any atom is -0.493 e. The molecule has 0 unspecified atom stereocenters. The molecule has 0 amide bonds. The smallest absolute Gasteiger partial charge is 0.190 e. The topological polar surface area (TPSA) is 56.5 Å². The Morgan fingerprint density at radius 3 is 2.67 bits per heavy atom. The van der Waals surface area contributed by atoms with Crippen molar-refractivity contribution in [2.45, 2.75) is 0 Å². The Balaban J connectivity index is 2.95. The maximum atomic E-state index is 5.55. The number of hydrogen-bond donors (Lipinski definition) is 2. The van der Waals surface area contributed by atoms with Crippen LogP contribution in [0.4, 0.5) is 5.69 Å². The van der Waals surface area contributed by atoms with E-state index in [1.54, 1.807) is 32.4 Å². The number of methoxy groups -OCH3 is 1. The molecule has 0 aliphatic heterocycles. The molecule has 1 aromatic rings. The predicted octanol–water partition coefficient (Wildman–Crippen LogP) is 0.791. The van der Waals surface area contributed by atoms with Crippen LogP contribution in [0.2, 0.25) is 0 Å². The van der Waals surface area contributed by atoms with Crippen molar-refractivity contribution in [3.8, 4) is 11.5 Å². The summed E-state index contributed by atoms with van der Waals surface area (Å²) >= 11 is 0. The molecule has 0 aliphatic rings. The van der Waals surface area contributed by atoms with Gasteiger partial charge in [0, 0.05) is 18.8 Å². The van der Waals surface area contributed by atoms with Crippen LogP contribution in [-0.4, -0.2) is 14.2 Å². The standard InChI is InChI=1S/C8H12N2O2/c1-10-12-8-5-6(9)3-4-7(8)11-2/h3-5,10H,9H2,1-2H3. The van der Waals surface area contributed by atoms with Crippen molar-refractivity contribution in [3.63, 3.8) is 0 Å². The third-order valence-electron chi connectivity index (χ3n) is 1.40. The predicted molar refractivity (Wildman–Crippen MR) is 47.1 cm³/mol. The van der Waals surface area contributed by atoms with Gasteiger partial charge in [-0.1, -0.05) is 0 Å². The molecule has 0 spiro atoms. The first kappa shape index (κ1) is 8.67. The zero-order valence-corrected chi connectivity index (χ0v) is 7.13. The minimum atomic E-state index is 0.583. The monoisotopic (exact) mass is 168 g/mol. The molecule has 66 valence electrons.